The van der Waals surface area contributed by atoms with E-state index < -0.39 is 0 Å². The van der Waals surface area contributed by atoms with Gasteiger partial charge in [-0.25, -0.2) is 4.39 Å². The van der Waals surface area contributed by atoms with Crippen LogP contribution in [0.1, 0.15) is 23.6 Å². The highest BCUT2D eigenvalue weighted by atomic mass is 19.1. The third-order valence-electron chi connectivity index (χ3n) is 3.76. The Morgan fingerprint density at radius 2 is 2.10 bits per heavy atom. The molecule has 1 N–H and O–H groups in total. The summed E-state index contributed by atoms with van der Waals surface area (Å²) in [5.74, 6) is 0.939. The summed E-state index contributed by atoms with van der Waals surface area (Å²) in [5, 5.41) is 3.47. The SMILES string of the molecule is COc1ccccc1CNC1CCOc2c(F)cccc21. The van der Waals surface area contributed by atoms with E-state index in [2.05, 4.69) is 5.32 Å². The molecule has 1 aliphatic rings. The standard InChI is InChI=1S/C17H18FNO2/c1-20-16-8-3-2-5-12(16)11-19-15-9-10-21-17-13(15)6-4-7-14(17)18/h2-8,15,19H,9-11H2,1H3. The third kappa shape index (κ3) is 2.85. The van der Waals surface area contributed by atoms with E-state index in [1.807, 2.05) is 30.3 Å². The monoisotopic (exact) mass is 287 g/mol. The van der Waals surface area contributed by atoms with Crippen molar-refractivity contribution >= 4 is 0 Å². The van der Waals surface area contributed by atoms with Crippen molar-refractivity contribution in [2.24, 2.45) is 0 Å². The van der Waals surface area contributed by atoms with Crippen molar-refractivity contribution in [2.45, 2.75) is 19.0 Å². The van der Waals surface area contributed by atoms with Gasteiger partial charge in [0.1, 0.15) is 5.75 Å². The van der Waals surface area contributed by atoms with E-state index in [4.69, 9.17) is 9.47 Å². The number of benzene rings is 2. The van der Waals surface area contributed by atoms with Gasteiger partial charge in [0, 0.05) is 30.1 Å². The maximum Gasteiger partial charge on any atom is 0.165 e. The van der Waals surface area contributed by atoms with Crippen LogP contribution >= 0.6 is 0 Å². The predicted molar refractivity (Wildman–Crippen MR) is 79.1 cm³/mol. The lowest BCUT2D eigenvalue weighted by atomic mass is 10.00. The van der Waals surface area contributed by atoms with Crippen LogP contribution in [0.4, 0.5) is 4.39 Å². The molecule has 2 aromatic carbocycles. The Kier molecular flexibility index (Phi) is 4.06. The van der Waals surface area contributed by atoms with Crippen molar-refractivity contribution in [3.05, 3.63) is 59.4 Å². The Morgan fingerprint density at radius 1 is 1.24 bits per heavy atom. The fourth-order valence-electron chi connectivity index (χ4n) is 2.68. The van der Waals surface area contributed by atoms with Gasteiger partial charge in [0.05, 0.1) is 13.7 Å². The summed E-state index contributed by atoms with van der Waals surface area (Å²) in [6.07, 6.45) is 0.825. The van der Waals surface area contributed by atoms with Crippen molar-refractivity contribution in [1.29, 1.82) is 0 Å². The molecule has 1 heterocycles. The molecule has 0 radical (unpaired) electrons. The molecular formula is C17H18FNO2. The van der Waals surface area contributed by atoms with Crippen LogP contribution in [0.15, 0.2) is 42.5 Å². The van der Waals surface area contributed by atoms with Crippen LogP contribution in [0.25, 0.3) is 0 Å². The second kappa shape index (κ2) is 6.14. The van der Waals surface area contributed by atoms with E-state index in [0.717, 1.165) is 23.3 Å². The summed E-state index contributed by atoms with van der Waals surface area (Å²) in [6.45, 7) is 1.20. The highest BCUT2D eigenvalue weighted by molar-refractivity contribution is 5.39. The highest BCUT2D eigenvalue weighted by Gasteiger charge is 2.23. The molecule has 0 spiro atoms. The molecule has 0 aliphatic carbocycles. The minimum Gasteiger partial charge on any atom is -0.496 e. The second-order valence-electron chi connectivity index (χ2n) is 5.04. The molecule has 0 aromatic heterocycles. The zero-order chi connectivity index (χ0) is 14.7. The van der Waals surface area contributed by atoms with Crippen molar-refractivity contribution in [3.63, 3.8) is 0 Å². The predicted octanol–water partition coefficient (Wildman–Crippen LogP) is 3.45. The summed E-state index contributed by atoms with van der Waals surface area (Å²) in [5.41, 5.74) is 1.97. The molecule has 4 heteroatoms. The molecule has 1 unspecified atom stereocenters. The lowest BCUT2D eigenvalue weighted by molar-refractivity contribution is 0.240. The smallest absolute Gasteiger partial charge is 0.165 e. The van der Waals surface area contributed by atoms with Gasteiger partial charge in [0.15, 0.2) is 11.6 Å². The maximum absolute atomic E-state index is 13.8. The van der Waals surface area contributed by atoms with E-state index in [-0.39, 0.29) is 11.9 Å². The van der Waals surface area contributed by atoms with Gasteiger partial charge in [0.2, 0.25) is 0 Å². The van der Waals surface area contributed by atoms with E-state index in [9.17, 15) is 4.39 Å². The summed E-state index contributed by atoms with van der Waals surface area (Å²) in [6, 6.07) is 13.1. The first kappa shape index (κ1) is 13.9. The molecule has 110 valence electrons. The van der Waals surface area contributed by atoms with Gasteiger partial charge in [0.25, 0.3) is 0 Å². The largest absolute Gasteiger partial charge is 0.496 e. The molecule has 0 bridgehead atoms. The van der Waals surface area contributed by atoms with Crippen LogP contribution in [0.5, 0.6) is 11.5 Å². The quantitative estimate of drug-likeness (QED) is 0.934. The van der Waals surface area contributed by atoms with E-state index in [0.29, 0.717) is 18.9 Å². The summed E-state index contributed by atoms with van der Waals surface area (Å²) < 4.78 is 24.5. The van der Waals surface area contributed by atoms with Crippen LogP contribution in [0.3, 0.4) is 0 Å². The second-order valence-corrected chi connectivity index (χ2v) is 5.04. The number of para-hydroxylation sites is 2. The number of ether oxygens (including phenoxy) is 2. The van der Waals surface area contributed by atoms with Crippen LogP contribution in [0, 0.1) is 5.82 Å². The van der Waals surface area contributed by atoms with Crippen LogP contribution in [-0.4, -0.2) is 13.7 Å². The Labute approximate surface area is 123 Å². The third-order valence-corrected chi connectivity index (χ3v) is 3.76. The van der Waals surface area contributed by atoms with Crippen LogP contribution < -0.4 is 14.8 Å². The number of hydrogen-bond acceptors (Lipinski definition) is 3. The molecule has 1 aliphatic heterocycles. The Morgan fingerprint density at radius 3 is 2.95 bits per heavy atom. The Hall–Kier alpha value is -2.07. The van der Waals surface area contributed by atoms with Crippen LogP contribution in [0.2, 0.25) is 0 Å². The number of rotatable bonds is 4. The van der Waals surface area contributed by atoms with E-state index in [1.54, 1.807) is 13.2 Å². The average Bonchev–Trinajstić information content (AvgIpc) is 2.53. The molecule has 1 atom stereocenters. The summed E-state index contributed by atoms with van der Waals surface area (Å²) in [7, 11) is 1.66. The van der Waals surface area contributed by atoms with Gasteiger partial charge in [-0.15, -0.1) is 0 Å². The molecule has 21 heavy (non-hydrogen) atoms. The fraction of sp³-hybridized carbons (Fsp3) is 0.294. The van der Waals surface area contributed by atoms with Crippen molar-refractivity contribution in [1.82, 2.24) is 5.32 Å². The van der Waals surface area contributed by atoms with Gasteiger partial charge in [-0.05, 0) is 12.1 Å². The number of hydrogen-bond donors (Lipinski definition) is 1. The Bertz CT molecular complexity index is 630. The van der Waals surface area contributed by atoms with Crippen LogP contribution in [-0.2, 0) is 6.54 Å². The first-order chi connectivity index (χ1) is 10.3. The average molecular weight is 287 g/mol. The zero-order valence-corrected chi connectivity index (χ0v) is 11.9. The van der Waals surface area contributed by atoms with Gasteiger partial charge in [-0.3, -0.25) is 0 Å². The molecule has 2 aromatic rings. The topological polar surface area (TPSA) is 30.5 Å². The molecule has 0 amide bonds. The number of halogens is 1. The lowest BCUT2D eigenvalue weighted by Crippen LogP contribution is -2.27. The van der Waals surface area contributed by atoms with Gasteiger partial charge < -0.3 is 14.8 Å². The van der Waals surface area contributed by atoms with Crippen molar-refractivity contribution in [3.8, 4) is 11.5 Å². The number of methoxy groups -OCH3 is 1. The van der Waals surface area contributed by atoms with Crippen molar-refractivity contribution < 1.29 is 13.9 Å². The lowest BCUT2D eigenvalue weighted by Gasteiger charge is -2.27. The number of fused-ring (bicyclic) bond motifs is 1. The number of nitrogens with one attached hydrogen (secondary N) is 1. The highest BCUT2D eigenvalue weighted by Crippen LogP contribution is 2.34. The normalized spacial score (nSPS) is 17.0. The molecular weight excluding hydrogens is 269 g/mol. The van der Waals surface area contributed by atoms with Gasteiger partial charge in [-0.2, -0.15) is 0 Å². The summed E-state index contributed by atoms with van der Waals surface area (Å²) >= 11 is 0. The van der Waals surface area contributed by atoms with Crippen molar-refractivity contribution in [2.75, 3.05) is 13.7 Å². The first-order valence-electron chi connectivity index (χ1n) is 7.06. The Balaban J connectivity index is 1.77. The fourth-order valence-corrected chi connectivity index (χ4v) is 2.68. The minimum atomic E-state index is -0.295. The zero-order valence-electron chi connectivity index (χ0n) is 11.9. The molecule has 0 saturated carbocycles. The summed E-state index contributed by atoms with van der Waals surface area (Å²) in [4.78, 5) is 0. The molecule has 3 rings (SSSR count). The minimum absolute atomic E-state index is 0.0920. The van der Waals surface area contributed by atoms with Gasteiger partial charge in [-0.1, -0.05) is 30.3 Å². The molecule has 3 nitrogen and oxygen atoms in total. The first-order valence-corrected chi connectivity index (χ1v) is 7.06. The molecule has 0 fully saturated rings. The molecule has 0 saturated heterocycles. The van der Waals surface area contributed by atoms with Gasteiger partial charge >= 0.3 is 0 Å². The van der Waals surface area contributed by atoms with E-state index in [1.165, 1.54) is 6.07 Å². The van der Waals surface area contributed by atoms with E-state index >= 15 is 0 Å². The maximum atomic E-state index is 13.8.